The molecule has 0 aliphatic heterocycles. The lowest BCUT2D eigenvalue weighted by molar-refractivity contribution is 0.102. The summed E-state index contributed by atoms with van der Waals surface area (Å²) < 4.78 is 3.55. The molecule has 0 aliphatic carbocycles. The predicted molar refractivity (Wildman–Crippen MR) is 93.4 cm³/mol. The normalized spacial score (nSPS) is 10.8. The van der Waals surface area contributed by atoms with E-state index in [-0.39, 0.29) is 5.91 Å². The number of hydrogen-bond donors (Lipinski definition) is 1. The number of rotatable bonds is 5. The fourth-order valence-electron chi connectivity index (χ4n) is 2.34. The lowest BCUT2D eigenvalue weighted by Gasteiger charge is -2.04. The van der Waals surface area contributed by atoms with Crippen molar-refractivity contribution in [2.24, 2.45) is 0 Å². The van der Waals surface area contributed by atoms with Crippen molar-refractivity contribution in [2.75, 3.05) is 5.32 Å². The largest absolute Gasteiger partial charge is 0.305 e. The van der Waals surface area contributed by atoms with Gasteiger partial charge in [-0.2, -0.15) is 10.2 Å². The summed E-state index contributed by atoms with van der Waals surface area (Å²) in [6.07, 6.45) is 3.27. The first-order valence-corrected chi connectivity index (χ1v) is 8.05. The Kier molecular flexibility index (Phi) is 4.66. The molecule has 1 N–H and O–H groups in total. The van der Waals surface area contributed by atoms with E-state index in [1.807, 2.05) is 48.9 Å². The highest BCUT2D eigenvalue weighted by atomic mass is 35.5. The van der Waals surface area contributed by atoms with Crippen LogP contribution in [0.25, 0.3) is 0 Å². The van der Waals surface area contributed by atoms with Crippen LogP contribution in [0.15, 0.2) is 42.7 Å². The molecule has 3 aromatic rings. The molecular weight excluding hydrogens is 326 g/mol. The SMILES string of the molecule is CCn1cc(C(=O)Nc2cc(C)n(Cc3ccc(Cl)cc3)n2)cn1. The number of carbonyl (C=O) groups is 1. The second-order valence-corrected chi connectivity index (χ2v) is 5.93. The van der Waals surface area contributed by atoms with Crippen LogP contribution in [0.5, 0.6) is 0 Å². The summed E-state index contributed by atoms with van der Waals surface area (Å²) in [5, 5.41) is 12.1. The fourth-order valence-corrected chi connectivity index (χ4v) is 2.46. The maximum atomic E-state index is 12.2. The van der Waals surface area contributed by atoms with Crippen molar-refractivity contribution in [2.45, 2.75) is 26.9 Å². The molecule has 124 valence electrons. The van der Waals surface area contributed by atoms with Gasteiger partial charge in [0.15, 0.2) is 5.82 Å². The van der Waals surface area contributed by atoms with Gasteiger partial charge in [-0.1, -0.05) is 23.7 Å². The van der Waals surface area contributed by atoms with Crippen molar-refractivity contribution in [1.82, 2.24) is 19.6 Å². The quantitative estimate of drug-likeness (QED) is 0.772. The fraction of sp³-hybridized carbons (Fsp3) is 0.235. The topological polar surface area (TPSA) is 64.7 Å². The lowest BCUT2D eigenvalue weighted by atomic mass is 10.2. The molecule has 0 unspecified atom stereocenters. The Hall–Kier alpha value is -2.60. The zero-order valence-electron chi connectivity index (χ0n) is 13.5. The predicted octanol–water partition coefficient (Wildman–Crippen LogP) is 3.36. The van der Waals surface area contributed by atoms with E-state index in [1.54, 1.807) is 17.1 Å². The third-order valence-electron chi connectivity index (χ3n) is 3.69. The molecule has 2 aromatic heterocycles. The number of carbonyl (C=O) groups excluding carboxylic acids is 1. The molecule has 0 atom stereocenters. The number of halogens is 1. The van der Waals surface area contributed by atoms with E-state index in [0.717, 1.165) is 17.8 Å². The van der Waals surface area contributed by atoms with Crippen molar-refractivity contribution < 1.29 is 4.79 Å². The Bertz CT molecular complexity index is 850. The average molecular weight is 344 g/mol. The van der Waals surface area contributed by atoms with E-state index in [1.165, 1.54) is 0 Å². The second kappa shape index (κ2) is 6.88. The summed E-state index contributed by atoms with van der Waals surface area (Å²) in [5.41, 5.74) is 2.57. The molecule has 0 radical (unpaired) electrons. The first kappa shape index (κ1) is 16.3. The first-order valence-electron chi connectivity index (χ1n) is 7.68. The summed E-state index contributed by atoms with van der Waals surface area (Å²) in [6.45, 7) is 5.26. The Labute approximate surface area is 145 Å². The Morgan fingerprint density at radius 2 is 2.04 bits per heavy atom. The summed E-state index contributed by atoms with van der Waals surface area (Å²) in [7, 11) is 0. The third kappa shape index (κ3) is 3.65. The number of aryl methyl sites for hydroxylation is 2. The zero-order chi connectivity index (χ0) is 17.1. The summed E-state index contributed by atoms with van der Waals surface area (Å²) >= 11 is 5.90. The van der Waals surface area contributed by atoms with Crippen LogP contribution in [0.3, 0.4) is 0 Å². The highest BCUT2D eigenvalue weighted by Gasteiger charge is 2.12. The third-order valence-corrected chi connectivity index (χ3v) is 3.94. The van der Waals surface area contributed by atoms with Gasteiger partial charge in [-0.15, -0.1) is 0 Å². The maximum absolute atomic E-state index is 12.2. The maximum Gasteiger partial charge on any atom is 0.260 e. The molecule has 6 nitrogen and oxygen atoms in total. The van der Waals surface area contributed by atoms with Crippen LogP contribution in [0, 0.1) is 6.92 Å². The van der Waals surface area contributed by atoms with E-state index in [2.05, 4.69) is 15.5 Å². The Balaban J connectivity index is 1.71. The highest BCUT2D eigenvalue weighted by molar-refractivity contribution is 6.30. The number of anilines is 1. The van der Waals surface area contributed by atoms with Crippen molar-refractivity contribution in [3.8, 4) is 0 Å². The zero-order valence-corrected chi connectivity index (χ0v) is 14.3. The number of nitrogens with zero attached hydrogens (tertiary/aromatic N) is 4. The molecular formula is C17H18ClN5O. The number of amides is 1. The molecule has 0 fully saturated rings. The molecule has 1 amide bonds. The van der Waals surface area contributed by atoms with Gasteiger partial charge in [-0.3, -0.25) is 14.2 Å². The monoisotopic (exact) mass is 343 g/mol. The van der Waals surface area contributed by atoms with Crippen LogP contribution < -0.4 is 5.32 Å². The number of hydrogen-bond acceptors (Lipinski definition) is 3. The molecule has 0 bridgehead atoms. The van der Waals surface area contributed by atoms with Crippen LogP contribution in [0.1, 0.15) is 28.5 Å². The molecule has 24 heavy (non-hydrogen) atoms. The van der Waals surface area contributed by atoms with Crippen LogP contribution in [0.2, 0.25) is 5.02 Å². The molecule has 0 saturated heterocycles. The Morgan fingerprint density at radius 3 is 2.71 bits per heavy atom. The van der Waals surface area contributed by atoms with Gasteiger partial charge in [0, 0.05) is 29.5 Å². The van der Waals surface area contributed by atoms with Gasteiger partial charge in [0.1, 0.15) is 0 Å². The standard InChI is InChI=1S/C17H18ClN5O/c1-3-22-11-14(9-19-22)17(24)20-16-8-12(2)23(21-16)10-13-4-6-15(18)7-5-13/h4-9,11H,3,10H2,1-2H3,(H,20,21,24). The first-order chi connectivity index (χ1) is 11.5. The van der Waals surface area contributed by atoms with Crippen LogP contribution in [-0.2, 0) is 13.1 Å². The Morgan fingerprint density at radius 1 is 1.29 bits per heavy atom. The molecule has 0 saturated carbocycles. The molecule has 1 aromatic carbocycles. The number of benzene rings is 1. The van der Waals surface area contributed by atoms with E-state index >= 15 is 0 Å². The van der Waals surface area contributed by atoms with Gasteiger partial charge in [-0.25, -0.2) is 0 Å². The molecule has 7 heteroatoms. The number of aromatic nitrogens is 4. The highest BCUT2D eigenvalue weighted by Crippen LogP contribution is 2.14. The van der Waals surface area contributed by atoms with Crippen molar-refractivity contribution in [3.63, 3.8) is 0 Å². The van der Waals surface area contributed by atoms with Gasteiger partial charge in [0.2, 0.25) is 0 Å². The molecule has 3 rings (SSSR count). The van der Waals surface area contributed by atoms with Crippen LogP contribution in [0.4, 0.5) is 5.82 Å². The minimum atomic E-state index is -0.217. The minimum Gasteiger partial charge on any atom is -0.305 e. The van der Waals surface area contributed by atoms with E-state index in [9.17, 15) is 4.79 Å². The van der Waals surface area contributed by atoms with E-state index in [0.29, 0.717) is 22.9 Å². The van der Waals surface area contributed by atoms with Crippen LogP contribution >= 0.6 is 11.6 Å². The van der Waals surface area contributed by atoms with E-state index in [4.69, 9.17) is 11.6 Å². The summed E-state index contributed by atoms with van der Waals surface area (Å²) in [5.74, 6) is 0.307. The van der Waals surface area contributed by atoms with Crippen LogP contribution in [-0.4, -0.2) is 25.5 Å². The van der Waals surface area contributed by atoms with E-state index < -0.39 is 0 Å². The van der Waals surface area contributed by atoms with Gasteiger partial charge in [0.25, 0.3) is 5.91 Å². The molecule has 2 heterocycles. The summed E-state index contributed by atoms with van der Waals surface area (Å²) in [6, 6.07) is 9.47. The average Bonchev–Trinajstić information content (AvgIpc) is 3.17. The minimum absolute atomic E-state index is 0.217. The lowest BCUT2D eigenvalue weighted by Crippen LogP contribution is -2.12. The second-order valence-electron chi connectivity index (χ2n) is 5.49. The van der Waals surface area contributed by atoms with Gasteiger partial charge < -0.3 is 5.32 Å². The smallest absolute Gasteiger partial charge is 0.260 e. The van der Waals surface area contributed by atoms with Gasteiger partial charge in [-0.05, 0) is 31.5 Å². The summed E-state index contributed by atoms with van der Waals surface area (Å²) in [4.78, 5) is 12.2. The molecule has 0 aliphatic rings. The molecule has 0 spiro atoms. The van der Waals surface area contributed by atoms with Gasteiger partial charge in [0.05, 0.1) is 18.3 Å². The van der Waals surface area contributed by atoms with Crippen molar-refractivity contribution >= 4 is 23.3 Å². The number of nitrogens with one attached hydrogen (secondary N) is 1. The van der Waals surface area contributed by atoms with Gasteiger partial charge >= 0.3 is 0 Å². The van der Waals surface area contributed by atoms with Crippen molar-refractivity contribution in [3.05, 3.63) is 64.6 Å². The van der Waals surface area contributed by atoms with Crippen molar-refractivity contribution in [1.29, 1.82) is 0 Å².